The van der Waals surface area contributed by atoms with E-state index in [1.54, 1.807) is 0 Å². The van der Waals surface area contributed by atoms with Crippen LogP contribution in [-0.2, 0) is 0 Å². The molecule has 0 rings (SSSR count). The quantitative estimate of drug-likeness (QED) is 0.667. The molecule has 0 aromatic heterocycles. The van der Waals surface area contributed by atoms with Crippen molar-refractivity contribution < 1.29 is 0 Å². The van der Waals surface area contributed by atoms with Crippen LogP contribution < -0.4 is 0 Å². The summed E-state index contributed by atoms with van der Waals surface area (Å²) < 4.78 is 4.74. The molecule has 0 N–H and O–H groups in total. The molecule has 0 aromatic carbocycles. The van der Waals surface area contributed by atoms with Gasteiger partial charge in [-0.2, -0.15) is 0 Å². The molecule has 0 nitrogen and oxygen atoms in total. The first kappa shape index (κ1) is 7.32. The molecule has 0 saturated carbocycles. The van der Waals surface area contributed by atoms with Crippen LogP contribution in [0.15, 0.2) is 8.25 Å². The molecule has 0 spiro atoms. The predicted octanol–water partition coefficient (Wildman–Crippen LogP) is 0.962. The van der Waals surface area contributed by atoms with Crippen LogP contribution in [0.1, 0.15) is 0 Å². The van der Waals surface area contributed by atoms with Crippen molar-refractivity contribution in [3.63, 3.8) is 0 Å². The van der Waals surface area contributed by atoms with E-state index in [0.717, 1.165) is 0 Å². The average molecular weight is 311 g/mol. The maximum absolute atomic E-state index is 2.37. The molecule has 0 aromatic rings. The van der Waals surface area contributed by atoms with Crippen LogP contribution >= 0.6 is 0 Å². The number of hydrogen-bond acceptors (Lipinski definition) is 0. The average Bonchev–Trinajstić information content (AvgIpc) is 1.61. The van der Waals surface area contributed by atoms with E-state index in [9.17, 15) is 0 Å². The van der Waals surface area contributed by atoms with Crippen LogP contribution in [-0.4, -0.2) is 41.8 Å². The normalized spacial score (nSPS) is 10.3. The van der Waals surface area contributed by atoms with Gasteiger partial charge in [0.2, 0.25) is 0 Å². The zero-order valence-electron chi connectivity index (χ0n) is 3.97. The van der Waals surface area contributed by atoms with Crippen molar-refractivity contribution in [2.24, 2.45) is 0 Å². The van der Waals surface area contributed by atoms with E-state index in [4.69, 9.17) is 0 Å². The Balaban J connectivity index is 2.73. The van der Waals surface area contributed by atoms with Crippen molar-refractivity contribution in [3.05, 3.63) is 8.25 Å². The summed E-state index contributed by atoms with van der Waals surface area (Å²) in [5.41, 5.74) is 0. The first-order chi connectivity index (χ1) is 2.91. The van der Waals surface area contributed by atoms with Gasteiger partial charge in [-0.15, -0.1) is 0 Å². The Morgan fingerprint density at radius 1 is 1.00 bits per heavy atom. The van der Waals surface area contributed by atoms with E-state index in [0.29, 0.717) is 41.8 Å². The topological polar surface area (TPSA) is 0 Å². The van der Waals surface area contributed by atoms with Crippen molar-refractivity contribution in [2.75, 3.05) is 0 Å². The third-order valence-corrected chi connectivity index (χ3v) is 4.33. The molecule has 0 atom stereocenters. The molecule has 6 heavy (non-hydrogen) atoms. The zero-order valence-corrected chi connectivity index (χ0v) is 8.63. The summed E-state index contributed by atoms with van der Waals surface area (Å²) in [6.45, 7) is 0. The van der Waals surface area contributed by atoms with E-state index in [2.05, 4.69) is 18.2 Å². The fourth-order valence-electron chi connectivity index (χ4n) is 0.111. The zero-order chi connectivity index (χ0) is 4.83. The first-order valence-corrected chi connectivity index (χ1v) is 8.97. The molecule has 0 aliphatic carbocycles. The fraction of sp³-hybridized carbons (Fsp3) is 0.500. The second kappa shape index (κ2) is 6.32. The molecule has 0 aliphatic rings. The maximum atomic E-state index is 2.37. The second-order valence-corrected chi connectivity index (χ2v) is 4.99. The Hall–Kier alpha value is 1.32. The van der Waals surface area contributed by atoms with Crippen LogP contribution in [0.3, 0.4) is 0 Å². The summed E-state index contributed by atoms with van der Waals surface area (Å²) in [6.07, 6.45) is 0. The molecule has 0 radical (unpaired) electrons. The third-order valence-electron chi connectivity index (χ3n) is 0.328. The summed E-state index contributed by atoms with van der Waals surface area (Å²) in [5.74, 6) is 0. The number of rotatable bonds is 2. The van der Waals surface area contributed by atoms with Crippen LogP contribution in [0.25, 0.3) is 0 Å². The molecular formula is C4H8Te2. The Morgan fingerprint density at radius 2 is 1.33 bits per heavy atom. The van der Waals surface area contributed by atoms with Gasteiger partial charge in [0.1, 0.15) is 0 Å². The van der Waals surface area contributed by atoms with Gasteiger partial charge in [0.05, 0.1) is 0 Å². The van der Waals surface area contributed by atoms with Gasteiger partial charge in [0.25, 0.3) is 0 Å². The third kappa shape index (κ3) is 5.32. The van der Waals surface area contributed by atoms with Crippen molar-refractivity contribution in [1.29, 1.82) is 0 Å². The van der Waals surface area contributed by atoms with Crippen molar-refractivity contribution >= 4 is 41.8 Å². The van der Waals surface area contributed by atoms with Crippen molar-refractivity contribution in [2.45, 2.75) is 9.94 Å². The van der Waals surface area contributed by atoms with Gasteiger partial charge in [-0.1, -0.05) is 0 Å². The van der Waals surface area contributed by atoms with Gasteiger partial charge in [-0.25, -0.2) is 0 Å². The molecule has 0 unspecified atom stereocenters. The summed E-state index contributed by atoms with van der Waals surface area (Å²) in [5, 5.41) is 0. The van der Waals surface area contributed by atoms with E-state index in [1.807, 2.05) is 0 Å². The van der Waals surface area contributed by atoms with Crippen molar-refractivity contribution in [3.8, 4) is 0 Å². The molecule has 0 heterocycles. The van der Waals surface area contributed by atoms with Gasteiger partial charge in [0.15, 0.2) is 0 Å². The molecule has 36 valence electrons. The second-order valence-electron chi connectivity index (χ2n) is 0.744. The molecule has 2 heteroatoms. The molecule has 0 aliphatic heterocycles. The molecule has 0 saturated heterocycles. The molecule has 0 fully saturated rings. The molecule has 0 amide bonds. The van der Waals surface area contributed by atoms with Gasteiger partial charge in [-0.3, -0.25) is 0 Å². The summed E-state index contributed by atoms with van der Waals surface area (Å²) in [6, 6.07) is 0. The van der Waals surface area contributed by atoms with Crippen LogP contribution in [0.5, 0.6) is 0 Å². The molecule has 0 bridgehead atoms. The standard InChI is InChI=1S/C4H8Te2/c1-5-3-4-6-2/h3-4H,1-2H3/b4-3+. The summed E-state index contributed by atoms with van der Waals surface area (Å²) >= 11 is 0.632. The van der Waals surface area contributed by atoms with Gasteiger partial charge < -0.3 is 0 Å². The van der Waals surface area contributed by atoms with E-state index < -0.39 is 0 Å². The Morgan fingerprint density at radius 3 is 1.50 bits per heavy atom. The van der Waals surface area contributed by atoms with Crippen molar-refractivity contribution in [1.82, 2.24) is 0 Å². The van der Waals surface area contributed by atoms with Crippen LogP contribution in [0.4, 0.5) is 0 Å². The summed E-state index contributed by atoms with van der Waals surface area (Å²) in [7, 11) is 0. The minimum absolute atomic E-state index is 0.316. The monoisotopic (exact) mass is 316 g/mol. The van der Waals surface area contributed by atoms with E-state index in [-0.39, 0.29) is 0 Å². The Bertz CT molecular complexity index is 34.8. The first-order valence-electron chi connectivity index (χ1n) is 1.62. The SMILES string of the molecule is C[Te]/C=C/[Te]C. The van der Waals surface area contributed by atoms with Crippen LogP contribution in [0, 0.1) is 0 Å². The Labute approximate surface area is 59.6 Å². The fourth-order valence-corrected chi connectivity index (χ4v) is 5.00. The summed E-state index contributed by atoms with van der Waals surface area (Å²) in [4.78, 5) is 4.59. The van der Waals surface area contributed by atoms with E-state index in [1.165, 1.54) is 0 Å². The molecular weight excluding hydrogens is 303 g/mol. The van der Waals surface area contributed by atoms with Gasteiger partial charge in [-0.05, 0) is 0 Å². The predicted molar refractivity (Wildman–Crippen MR) is 32.4 cm³/mol. The minimum atomic E-state index is 0.316. The number of hydrogen-bond donors (Lipinski definition) is 0. The van der Waals surface area contributed by atoms with Gasteiger partial charge >= 0.3 is 60.0 Å². The van der Waals surface area contributed by atoms with Gasteiger partial charge in [0, 0.05) is 0 Å². The van der Waals surface area contributed by atoms with Crippen LogP contribution in [0.2, 0.25) is 9.94 Å². The van der Waals surface area contributed by atoms with E-state index >= 15 is 0 Å². The Kier molecular flexibility index (Phi) is 7.71.